The molecule has 0 aliphatic carbocycles. The number of imidazole rings is 1. The first-order valence-corrected chi connectivity index (χ1v) is 6.68. The molecule has 1 aromatic carbocycles. The predicted molar refractivity (Wildman–Crippen MR) is 72.4 cm³/mol. The fourth-order valence-corrected chi connectivity index (χ4v) is 2.72. The Bertz CT molecular complexity index is 750. The summed E-state index contributed by atoms with van der Waals surface area (Å²) < 4.78 is 44.7. The van der Waals surface area contributed by atoms with Crippen molar-refractivity contribution in [2.24, 2.45) is 0 Å². The van der Waals surface area contributed by atoms with E-state index in [1.54, 1.807) is 12.1 Å². The molecule has 1 aliphatic heterocycles. The predicted octanol–water partition coefficient (Wildman–Crippen LogP) is 3.47. The first kappa shape index (κ1) is 14.6. The van der Waals surface area contributed by atoms with Crippen molar-refractivity contribution in [1.82, 2.24) is 9.55 Å². The van der Waals surface area contributed by atoms with Gasteiger partial charge in [0, 0.05) is 18.3 Å². The number of aromatic nitrogens is 2. The smallest absolute Gasteiger partial charge is 0.434 e. The molecule has 22 heavy (non-hydrogen) atoms. The van der Waals surface area contributed by atoms with Gasteiger partial charge < -0.3 is 9.30 Å². The number of esters is 1. The second-order valence-corrected chi connectivity index (χ2v) is 5.29. The SMILES string of the molecule is COC(=O)c1ccc2c(c1)C(C)Cn1cc(C(F)(F)F)nc1-2. The largest absolute Gasteiger partial charge is 0.465 e. The quantitative estimate of drug-likeness (QED) is 0.758. The van der Waals surface area contributed by atoms with Crippen LogP contribution in [0.15, 0.2) is 24.4 Å². The number of benzene rings is 1. The number of alkyl halides is 3. The summed E-state index contributed by atoms with van der Waals surface area (Å²) >= 11 is 0. The summed E-state index contributed by atoms with van der Waals surface area (Å²) in [6.45, 7) is 2.28. The van der Waals surface area contributed by atoms with Crippen LogP contribution >= 0.6 is 0 Å². The summed E-state index contributed by atoms with van der Waals surface area (Å²) in [5.41, 5.74) is 0.889. The molecular weight excluding hydrogens is 297 g/mol. The van der Waals surface area contributed by atoms with Gasteiger partial charge in [-0.05, 0) is 23.6 Å². The van der Waals surface area contributed by atoms with Gasteiger partial charge in [0.2, 0.25) is 0 Å². The highest BCUT2D eigenvalue weighted by Gasteiger charge is 2.36. The minimum atomic E-state index is -4.47. The van der Waals surface area contributed by atoms with Gasteiger partial charge in [0.05, 0.1) is 12.7 Å². The number of ether oxygens (including phenoxy) is 1. The minimum Gasteiger partial charge on any atom is -0.465 e. The molecule has 7 heteroatoms. The second-order valence-electron chi connectivity index (χ2n) is 5.29. The van der Waals surface area contributed by atoms with E-state index in [9.17, 15) is 18.0 Å². The molecule has 0 saturated carbocycles. The van der Waals surface area contributed by atoms with E-state index in [0.717, 1.165) is 11.8 Å². The summed E-state index contributed by atoms with van der Waals surface area (Å²) in [6, 6.07) is 4.82. The maximum atomic E-state index is 12.8. The lowest BCUT2D eigenvalue weighted by molar-refractivity contribution is -0.140. The van der Waals surface area contributed by atoms with Crippen molar-refractivity contribution in [2.75, 3.05) is 7.11 Å². The average Bonchev–Trinajstić information content (AvgIpc) is 2.90. The Balaban J connectivity index is 2.13. The molecular formula is C15H13F3N2O2. The maximum absolute atomic E-state index is 12.8. The Morgan fingerprint density at radius 3 is 2.77 bits per heavy atom. The summed E-state index contributed by atoms with van der Waals surface area (Å²) in [7, 11) is 1.29. The Morgan fingerprint density at radius 2 is 2.14 bits per heavy atom. The molecule has 0 fully saturated rings. The van der Waals surface area contributed by atoms with Crippen LogP contribution < -0.4 is 0 Å². The Kier molecular flexibility index (Phi) is 3.23. The number of hydrogen-bond acceptors (Lipinski definition) is 3. The Labute approximate surface area is 124 Å². The number of carbonyl (C=O) groups excluding carboxylic acids is 1. The number of halogens is 3. The van der Waals surface area contributed by atoms with Crippen molar-refractivity contribution in [1.29, 1.82) is 0 Å². The van der Waals surface area contributed by atoms with Crippen molar-refractivity contribution in [3.8, 4) is 11.4 Å². The van der Waals surface area contributed by atoms with Crippen LogP contribution in [0.25, 0.3) is 11.4 Å². The molecule has 2 heterocycles. The van der Waals surface area contributed by atoms with E-state index in [4.69, 9.17) is 0 Å². The van der Waals surface area contributed by atoms with Crippen LogP contribution in [0.1, 0.15) is 34.5 Å². The fourth-order valence-electron chi connectivity index (χ4n) is 2.72. The van der Waals surface area contributed by atoms with E-state index in [2.05, 4.69) is 9.72 Å². The van der Waals surface area contributed by atoms with E-state index >= 15 is 0 Å². The number of fused-ring (bicyclic) bond motifs is 3. The first-order valence-electron chi connectivity index (χ1n) is 6.68. The molecule has 0 spiro atoms. The molecule has 0 bridgehead atoms. The molecule has 0 N–H and O–H groups in total. The summed E-state index contributed by atoms with van der Waals surface area (Å²) in [5, 5.41) is 0. The fraction of sp³-hybridized carbons (Fsp3) is 0.333. The van der Waals surface area contributed by atoms with Gasteiger partial charge in [0.25, 0.3) is 0 Å². The van der Waals surface area contributed by atoms with Crippen LogP contribution in [0.2, 0.25) is 0 Å². The molecule has 0 radical (unpaired) electrons. The third-order valence-electron chi connectivity index (χ3n) is 3.78. The number of rotatable bonds is 1. The molecule has 3 rings (SSSR count). The molecule has 1 aliphatic rings. The minimum absolute atomic E-state index is 0.0256. The standard InChI is InChI=1S/C15H13F3N2O2/c1-8-6-20-7-12(15(16,17)18)19-13(20)10-4-3-9(5-11(8)10)14(21)22-2/h3-5,7-8H,6H2,1-2H3. The highest BCUT2D eigenvalue weighted by molar-refractivity contribution is 5.90. The van der Waals surface area contributed by atoms with E-state index < -0.39 is 17.8 Å². The molecule has 4 nitrogen and oxygen atoms in total. The van der Waals surface area contributed by atoms with Gasteiger partial charge in [-0.3, -0.25) is 0 Å². The Morgan fingerprint density at radius 1 is 1.41 bits per heavy atom. The van der Waals surface area contributed by atoms with Gasteiger partial charge in [-0.25, -0.2) is 9.78 Å². The molecule has 1 atom stereocenters. The number of carbonyl (C=O) groups is 1. The molecule has 0 amide bonds. The van der Waals surface area contributed by atoms with Gasteiger partial charge in [-0.1, -0.05) is 13.0 Å². The molecule has 116 valence electrons. The van der Waals surface area contributed by atoms with Gasteiger partial charge in [0.1, 0.15) is 5.82 Å². The Hall–Kier alpha value is -2.31. The monoisotopic (exact) mass is 310 g/mol. The van der Waals surface area contributed by atoms with Crippen molar-refractivity contribution < 1.29 is 22.7 Å². The van der Waals surface area contributed by atoms with Crippen molar-refractivity contribution in [3.05, 3.63) is 41.2 Å². The van der Waals surface area contributed by atoms with Crippen LogP contribution in [0.5, 0.6) is 0 Å². The summed E-state index contributed by atoms with van der Waals surface area (Å²) in [6.07, 6.45) is -3.44. The lowest BCUT2D eigenvalue weighted by Gasteiger charge is -2.24. The molecule has 0 saturated heterocycles. The first-order chi connectivity index (χ1) is 10.3. The lowest BCUT2D eigenvalue weighted by Crippen LogP contribution is -2.15. The van der Waals surface area contributed by atoms with Crippen LogP contribution in [0, 0.1) is 0 Å². The van der Waals surface area contributed by atoms with E-state index in [1.165, 1.54) is 17.7 Å². The second kappa shape index (κ2) is 4.86. The average molecular weight is 310 g/mol. The van der Waals surface area contributed by atoms with Crippen molar-refractivity contribution in [2.45, 2.75) is 25.6 Å². The molecule has 1 aromatic heterocycles. The summed E-state index contributed by atoms with van der Waals surface area (Å²) in [4.78, 5) is 15.3. The van der Waals surface area contributed by atoms with Gasteiger partial charge in [0.15, 0.2) is 5.69 Å². The van der Waals surface area contributed by atoms with Gasteiger partial charge in [-0.2, -0.15) is 13.2 Å². The third kappa shape index (κ3) is 2.26. The van der Waals surface area contributed by atoms with Gasteiger partial charge in [-0.15, -0.1) is 0 Å². The van der Waals surface area contributed by atoms with E-state index in [0.29, 0.717) is 17.7 Å². The normalized spacial score (nSPS) is 16.9. The number of hydrogen-bond donors (Lipinski definition) is 0. The van der Waals surface area contributed by atoms with E-state index in [1.807, 2.05) is 6.92 Å². The van der Waals surface area contributed by atoms with Crippen LogP contribution in [0.3, 0.4) is 0 Å². The van der Waals surface area contributed by atoms with Crippen LogP contribution in [-0.4, -0.2) is 22.6 Å². The molecule has 2 aromatic rings. The van der Waals surface area contributed by atoms with Crippen LogP contribution in [0.4, 0.5) is 13.2 Å². The lowest BCUT2D eigenvalue weighted by atomic mass is 9.90. The van der Waals surface area contributed by atoms with Crippen molar-refractivity contribution >= 4 is 5.97 Å². The zero-order chi connectivity index (χ0) is 16.1. The zero-order valence-corrected chi connectivity index (χ0v) is 11.9. The van der Waals surface area contributed by atoms with Crippen LogP contribution in [-0.2, 0) is 17.5 Å². The summed E-state index contributed by atoms with van der Waals surface area (Å²) in [5.74, 6) is -0.223. The third-order valence-corrected chi connectivity index (χ3v) is 3.78. The topological polar surface area (TPSA) is 44.1 Å². The van der Waals surface area contributed by atoms with Crippen molar-refractivity contribution in [3.63, 3.8) is 0 Å². The highest BCUT2D eigenvalue weighted by Crippen LogP contribution is 2.38. The highest BCUT2D eigenvalue weighted by atomic mass is 19.4. The van der Waals surface area contributed by atoms with E-state index in [-0.39, 0.29) is 11.7 Å². The number of nitrogens with zero attached hydrogens (tertiary/aromatic N) is 2. The number of methoxy groups -OCH3 is 1. The maximum Gasteiger partial charge on any atom is 0.434 e. The van der Waals surface area contributed by atoms with Gasteiger partial charge >= 0.3 is 12.1 Å². The molecule has 1 unspecified atom stereocenters. The zero-order valence-electron chi connectivity index (χ0n) is 11.9.